The number of nitrogens with zero attached hydrogens (tertiary/aromatic N) is 2. The number of nitro benzene ring substituents is 1. The number of para-hydroxylation sites is 1. The van der Waals surface area contributed by atoms with Gasteiger partial charge in [0.05, 0.1) is 22.6 Å². The average molecular weight is 491 g/mol. The van der Waals surface area contributed by atoms with E-state index in [0.717, 1.165) is 24.3 Å². The number of anilines is 2. The largest absolute Gasteiger partial charge is 0.497 e. The van der Waals surface area contributed by atoms with Gasteiger partial charge in [0.2, 0.25) is 5.91 Å². The van der Waals surface area contributed by atoms with Gasteiger partial charge in [-0.3, -0.25) is 19.2 Å². The van der Waals surface area contributed by atoms with Gasteiger partial charge in [0.25, 0.3) is 15.7 Å². The number of hydrogen-bond donors (Lipinski definition) is 1. The molecule has 0 radical (unpaired) electrons. The van der Waals surface area contributed by atoms with Gasteiger partial charge in [0.1, 0.15) is 29.6 Å². The molecular formula is C22H19F2N3O6S. The predicted molar refractivity (Wildman–Crippen MR) is 120 cm³/mol. The minimum atomic E-state index is -4.51. The maximum absolute atomic E-state index is 13.9. The molecule has 0 unspecified atom stereocenters. The van der Waals surface area contributed by atoms with Crippen LogP contribution in [0.2, 0.25) is 0 Å². The van der Waals surface area contributed by atoms with E-state index in [2.05, 4.69) is 0 Å². The average Bonchev–Trinajstić information content (AvgIpc) is 2.80. The number of nitro groups is 1. The van der Waals surface area contributed by atoms with E-state index >= 15 is 0 Å². The lowest BCUT2D eigenvalue weighted by Crippen LogP contribution is -2.38. The van der Waals surface area contributed by atoms with Gasteiger partial charge in [0, 0.05) is 11.6 Å². The summed E-state index contributed by atoms with van der Waals surface area (Å²) in [6, 6.07) is 11.9. The number of hydrogen-bond acceptors (Lipinski definition) is 6. The SMILES string of the molecule is COc1ccc(N(CC(=O)Nc2c(F)cccc2F)S(=O)(=O)c2ccc(C)c([N+](=O)[O-])c2)cc1. The van der Waals surface area contributed by atoms with Crippen molar-refractivity contribution in [1.29, 1.82) is 0 Å². The van der Waals surface area contributed by atoms with E-state index in [0.29, 0.717) is 10.1 Å². The molecule has 3 aromatic rings. The zero-order valence-electron chi connectivity index (χ0n) is 18.0. The number of sulfonamides is 1. The number of amides is 1. The van der Waals surface area contributed by atoms with E-state index in [4.69, 9.17) is 4.74 Å². The molecule has 0 bridgehead atoms. The van der Waals surface area contributed by atoms with Crippen LogP contribution in [0.5, 0.6) is 5.75 Å². The first-order valence-corrected chi connectivity index (χ1v) is 11.1. The lowest BCUT2D eigenvalue weighted by Gasteiger charge is -2.24. The fourth-order valence-corrected chi connectivity index (χ4v) is 4.51. The topological polar surface area (TPSA) is 119 Å². The van der Waals surface area contributed by atoms with E-state index in [1.807, 2.05) is 5.32 Å². The van der Waals surface area contributed by atoms with Gasteiger partial charge in [-0.2, -0.15) is 0 Å². The minimum Gasteiger partial charge on any atom is -0.497 e. The van der Waals surface area contributed by atoms with Gasteiger partial charge in [0.15, 0.2) is 0 Å². The predicted octanol–water partition coefficient (Wildman–Crippen LogP) is 4.02. The third-order valence-electron chi connectivity index (χ3n) is 4.84. The Bertz CT molecular complexity index is 1330. The smallest absolute Gasteiger partial charge is 0.273 e. The van der Waals surface area contributed by atoms with Crippen LogP contribution in [0.4, 0.5) is 25.8 Å². The maximum atomic E-state index is 13.9. The molecule has 0 aliphatic heterocycles. The molecule has 34 heavy (non-hydrogen) atoms. The minimum absolute atomic E-state index is 0.0215. The van der Waals surface area contributed by atoms with Gasteiger partial charge in [-0.05, 0) is 49.4 Å². The van der Waals surface area contributed by atoms with Gasteiger partial charge >= 0.3 is 0 Å². The van der Waals surface area contributed by atoms with E-state index in [9.17, 15) is 32.1 Å². The highest BCUT2D eigenvalue weighted by molar-refractivity contribution is 7.92. The molecule has 0 heterocycles. The highest BCUT2D eigenvalue weighted by atomic mass is 32.2. The summed E-state index contributed by atoms with van der Waals surface area (Å²) in [6.45, 7) is 0.580. The van der Waals surface area contributed by atoms with Crippen molar-refractivity contribution in [3.8, 4) is 5.75 Å². The fourth-order valence-electron chi connectivity index (χ4n) is 3.06. The first-order chi connectivity index (χ1) is 16.0. The van der Waals surface area contributed by atoms with Gasteiger partial charge in [-0.1, -0.05) is 12.1 Å². The zero-order chi connectivity index (χ0) is 25.0. The molecule has 0 saturated heterocycles. The molecule has 0 aliphatic carbocycles. The van der Waals surface area contributed by atoms with Crippen LogP contribution >= 0.6 is 0 Å². The van der Waals surface area contributed by atoms with E-state index in [1.165, 1.54) is 50.4 Å². The molecule has 0 fully saturated rings. The summed E-state index contributed by atoms with van der Waals surface area (Å²) in [7, 11) is -3.11. The van der Waals surface area contributed by atoms with Crippen LogP contribution in [-0.4, -0.2) is 32.9 Å². The third kappa shape index (κ3) is 5.12. The molecular weight excluding hydrogens is 472 g/mol. The number of rotatable bonds is 8. The van der Waals surface area contributed by atoms with Crippen molar-refractivity contribution in [2.24, 2.45) is 0 Å². The lowest BCUT2D eigenvalue weighted by molar-refractivity contribution is -0.385. The molecule has 1 N–H and O–H groups in total. The van der Waals surface area contributed by atoms with Crippen LogP contribution in [0.25, 0.3) is 0 Å². The Morgan fingerprint density at radius 1 is 1.09 bits per heavy atom. The van der Waals surface area contributed by atoms with Gasteiger partial charge in [-0.25, -0.2) is 17.2 Å². The first kappa shape index (κ1) is 24.6. The summed E-state index contributed by atoms with van der Waals surface area (Å²) in [5, 5.41) is 13.3. The Morgan fingerprint density at radius 3 is 2.26 bits per heavy atom. The number of carbonyl (C=O) groups excluding carboxylic acids is 1. The Labute approximate surface area is 193 Å². The van der Waals surface area contributed by atoms with Crippen LogP contribution in [0.15, 0.2) is 65.6 Å². The molecule has 178 valence electrons. The number of nitrogens with one attached hydrogen (secondary N) is 1. The van der Waals surface area contributed by atoms with E-state index in [-0.39, 0.29) is 11.3 Å². The van der Waals surface area contributed by atoms with Crippen molar-refractivity contribution < 1.29 is 31.7 Å². The molecule has 9 nitrogen and oxygen atoms in total. The zero-order valence-corrected chi connectivity index (χ0v) is 18.8. The highest BCUT2D eigenvalue weighted by Gasteiger charge is 2.30. The van der Waals surface area contributed by atoms with Crippen LogP contribution in [0.1, 0.15) is 5.56 Å². The molecule has 0 aromatic heterocycles. The number of methoxy groups -OCH3 is 1. The van der Waals surface area contributed by atoms with Crippen molar-refractivity contribution in [3.63, 3.8) is 0 Å². The molecule has 0 saturated carbocycles. The second-order valence-corrected chi connectivity index (χ2v) is 8.92. The third-order valence-corrected chi connectivity index (χ3v) is 6.61. The normalized spacial score (nSPS) is 11.1. The van der Waals surface area contributed by atoms with Crippen molar-refractivity contribution in [2.45, 2.75) is 11.8 Å². The van der Waals surface area contributed by atoms with Crippen LogP contribution in [0, 0.1) is 28.7 Å². The number of benzene rings is 3. The monoisotopic (exact) mass is 491 g/mol. The molecule has 0 spiro atoms. The number of aryl methyl sites for hydroxylation is 1. The summed E-state index contributed by atoms with van der Waals surface area (Å²) in [6.07, 6.45) is 0. The quantitative estimate of drug-likeness (QED) is 0.376. The molecule has 0 aliphatic rings. The first-order valence-electron chi connectivity index (χ1n) is 9.70. The van der Waals surface area contributed by atoms with Crippen molar-refractivity contribution >= 4 is 33.0 Å². The van der Waals surface area contributed by atoms with Crippen LogP contribution in [-0.2, 0) is 14.8 Å². The maximum Gasteiger partial charge on any atom is 0.273 e. The summed E-state index contributed by atoms with van der Waals surface area (Å²) < 4.78 is 60.5. The standard InChI is InChI=1S/C22H19F2N3O6S/c1-14-6-11-17(12-20(14)27(29)30)34(31,32)26(15-7-9-16(33-2)10-8-15)13-21(28)25-22-18(23)4-3-5-19(22)24/h3-12H,13H2,1-2H3,(H,25,28). The molecule has 3 aromatic carbocycles. The Hall–Kier alpha value is -4.06. The molecule has 0 atom stereocenters. The van der Waals surface area contributed by atoms with Gasteiger partial charge in [-0.15, -0.1) is 0 Å². The van der Waals surface area contributed by atoms with E-state index in [1.54, 1.807) is 0 Å². The molecule has 1 amide bonds. The lowest BCUT2D eigenvalue weighted by atomic mass is 10.2. The highest BCUT2D eigenvalue weighted by Crippen LogP contribution is 2.29. The number of ether oxygens (including phenoxy) is 1. The van der Waals surface area contributed by atoms with Gasteiger partial charge < -0.3 is 10.1 Å². The van der Waals surface area contributed by atoms with Crippen molar-refractivity contribution in [2.75, 3.05) is 23.3 Å². The second-order valence-electron chi connectivity index (χ2n) is 7.06. The van der Waals surface area contributed by atoms with Crippen LogP contribution < -0.4 is 14.4 Å². The molecule has 3 rings (SSSR count). The Balaban J connectivity index is 2.04. The van der Waals surface area contributed by atoms with Crippen molar-refractivity contribution in [1.82, 2.24) is 0 Å². The Morgan fingerprint density at radius 2 is 1.71 bits per heavy atom. The Kier molecular flexibility index (Phi) is 7.11. The summed E-state index contributed by atoms with van der Waals surface area (Å²) in [5.41, 5.74) is -0.889. The fraction of sp³-hybridized carbons (Fsp3) is 0.136. The summed E-state index contributed by atoms with van der Waals surface area (Å²) >= 11 is 0. The van der Waals surface area contributed by atoms with Crippen LogP contribution in [0.3, 0.4) is 0 Å². The second kappa shape index (κ2) is 9.83. The number of carbonyl (C=O) groups is 1. The summed E-state index contributed by atoms with van der Waals surface area (Å²) in [4.78, 5) is 22.8. The number of halogens is 2. The van der Waals surface area contributed by atoms with Crippen molar-refractivity contribution in [3.05, 3.63) is 88.0 Å². The van der Waals surface area contributed by atoms with E-state index < -0.39 is 55.3 Å². The molecule has 12 heteroatoms. The summed E-state index contributed by atoms with van der Waals surface area (Å²) in [5.74, 6) is -2.71.